The molecule has 2 N–H and O–H groups in total. The molecule has 2 aromatic carbocycles. The van der Waals surface area contributed by atoms with Crippen LogP contribution in [0.2, 0.25) is 0 Å². The second kappa shape index (κ2) is 8.71. The molecule has 0 unspecified atom stereocenters. The van der Waals surface area contributed by atoms with Crippen LogP contribution >= 0.6 is 0 Å². The number of carbonyl (C=O) groups is 1. The predicted molar refractivity (Wildman–Crippen MR) is 106 cm³/mol. The molecule has 1 amide bonds. The van der Waals surface area contributed by atoms with E-state index in [0.717, 1.165) is 17.1 Å². The Kier molecular flexibility index (Phi) is 5.89. The number of methoxy groups -OCH3 is 1. The van der Waals surface area contributed by atoms with Crippen LogP contribution in [0.15, 0.2) is 67.0 Å². The number of amides is 1. The molecular formula is C21H21N3O3. The van der Waals surface area contributed by atoms with Gasteiger partial charge < -0.3 is 20.1 Å². The van der Waals surface area contributed by atoms with E-state index >= 15 is 0 Å². The molecule has 0 radical (unpaired) electrons. The van der Waals surface area contributed by atoms with E-state index in [1.165, 1.54) is 6.20 Å². The van der Waals surface area contributed by atoms with Crippen LogP contribution in [0.3, 0.4) is 0 Å². The topological polar surface area (TPSA) is 72.5 Å². The number of benzene rings is 2. The minimum Gasteiger partial charge on any atom is -0.497 e. The molecule has 0 aliphatic heterocycles. The molecule has 0 spiro atoms. The number of carbonyl (C=O) groups excluding carboxylic acids is 1. The van der Waals surface area contributed by atoms with Gasteiger partial charge in [-0.2, -0.15) is 0 Å². The number of hydrogen-bond acceptors (Lipinski definition) is 5. The molecule has 3 aromatic rings. The second-order valence-corrected chi connectivity index (χ2v) is 5.73. The number of rotatable bonds is 7. The minimum absolute atomic E-state index is 0.244. The van der Waals surface area contributed by atoms with Gasteiger partial charge in [0.05, 0.1) is 31.2 Å². The highest BCUT2D eigenvalue weighted by atomic mass is 16.5. The van der Waals surface area contributed by atoms with Gasteiger partial charge in [-0.05, 0) is 49.4 Å². The van der Waals surface area contributed by atoms with E-state index in [1.807, 2.05) is 43.3 Å². The zero-order valence-electron chi connectivity index (χ0n) is 15.2. The van der Waals surface area contributed by atoms with Crippen molar-refractivity contribution < 1.29 is 14.3 Å². The largest absolute Gasteiger partial charge is 0.497 e. The molecule has 0 fully saturated rings. The molecule has 0 saturated carbocycles. The van der Waals surface area contributed by atoms with Crippen molar-refractivity contribution in [3.8, 4) is 11.5 Å². The number of aromatic nitrogens is 1. The van der Waals surface area contributed by atoms with E-state index in [0.29, 0.717) is 23.6 Å². The second-order valence-electron chi connectivity index (χ2n) is 5.73. The van der Waals surface area contributed by atoms with E-state index in [1.54, 1.807) is 31.5 Å². The molecule has 6 heteroatoms. The van der Waals surface area contributed by atoms with Crippen LogP contribution in [-0.4, -0.2) is 24.6 Å². The number of nitrogens with one attached hydrogen (secondary N) is 2. The highest BCUT2D eigenvalue weighted by Gasteiger charge is 2.08. The van der Waals surface area contributed by atoms with Crippen molar-refractivity contribution >= 4 is 23.0 Å². The number of anilines is 3. The van der Waals surface area contributed by atoms with Crippen LogP contribution in [0.4, 0.5) is 17.1 Å². The van der Waals surface area contributed by atoms with E-state index < -0.39 is 0 Å². The van der Waals surface area contributed by atoms with Gasteiger partial charge in [-0.25, -0.2) is 0 Å². The van der Waals surface area contributed by atoms with Crippen molar-refractivity contribution in [1.29, 1.82) is 0 Å². The molecule has 27 heavy (non-hydrogen) atoms. The highest BCUT2D eigenvalue weighted by Crippen LogP contribution is 2.21. The molecule has 3 rings (SSSR count). The standard InChI is InChI=1S/C21H21N3O3/c1-3-27-19-9-7-16(8-10-19)23-18-11-15(13-22-14-18)21(25)24-17-5-4-6-20(12-17)26-2/h4-14,23H,3H2,1-2H3,(H,24,25). The average molecular weight is 363 g/mol. The third kappa shape index (κ3) is 4.98. The van der Waals surface area contributed by atoms with Crippen molar-refractivity contribution in [1.82, 2.24) is 4.98 Å². The van der Waals surface area contributed by atoms with Gasteiger partial charge in [0, 0.05) is 23.6 Å². The van der Waals surface area contributed by atoms with E-state index in [9.17, 15) is 4.79 Å². The Morgan fingerprint density at radius 1 is 0.963 bits per heavy atom. The first-order valence-corrected chi connectivity index (χ1v) is 8.58. The van der Waals surface area contributed by atoms with Crippen molar-refractivity contribution in [2.75, 3.05) is 24.4 Å². The Bertz CT molecular complexity index is 911. The third-order valence-corrected chi connectivity index (χ3v) is 3.78. The van der Waals surface area contributed by atoms with Gasteiger partial charge in [0.1, 0.15) is 11.5 Å². The first-order valence-electron chi connectivity index (χ1n) is 8.58. The molecule has 0 saturated heterocycles. The van der Waals surface area contributed by atoms with Gasteiger partial charge in [-0.1, -0.05) is 6.07 Å². The average Bonchev–Trinajstić information content (AvgIpc) is 2.70. The summed E-state index contributed by atoms with van der Waals surface area (Å²) in [6.45, 7) is 2.57. The van der Waals surface area contributed by atoms with E-state index in [-0.39, 0.29) is 5.91 Å². The number of nitrogens with zero attached hydrogens (tertiary/aromatic N) is 1. The normalized spacial score (nSPS) is 10.1. The Morgan fingerprint density at radius 3 is 2.52 bits per heavy atom. The summed E-state index contributed by atoms with van der Waals surface area (Å²) >= 11 is 0. The molecule has 6 nitrogen and oxygen atoms in total. The third-order valence-electron chi connectivity index (χ3n) is 3.78. The van der Waals surface area contributed by atoms with Crippen molar-refractivity contribution in [2.24, 2.45) is 0 Å². The van der Waals surface area contributed by atoms with Crippen LogP contribution in [-0.2, 0) is 0 Å². The molecule has 0 aliphatic carbocycles. The molecule has 1 aromatic heterocycles. The Balaban J connectivity index is 1.69. The van der Waals surface area contributed by atoms with Crippen LogP contribution in [0.1, 0.15) is 17.3 Å². The number of ether oxygens (including phenoxy) is 2. The van der Waals surface area contributed by atoms with Crippen molar-refractivity contribution in [2.45, 2.75) is 6.92 Å². The smallest absolute Gasteiger partial charge is 0.257 e. The summed E-state index contributed by atoms with van der Waals surface area (Å²) in [6.07, 6.45) is 3.19. The zero-order valence-corrected chi connectivity index (χ0v) is 15.2. The molecular weight excluding hydrogens is 342 g/mol. The van der Waals surface area contributed by atoms with Crippen molar-refractivity contribution in [3.63, 3.8) is 0 Å². The maximum Gasteiger partial charge on any atom is 0.257 e. The lowest BCUT2D eigenvalue weighted by Crippen LogP contribution is -2.12. The van der Waals surface area contributed by atoms with Crippen LogP contribution in [0, 0.1) is 0 Å². The fourth-order valence-corrected chi connectivity index (χ4v) is 2.50. The van der Waals surface area contributed by atoms with E-state index in [4.69, 9.17) is 9.47 Å². The molecule has 0 aliphatic rings. The van der Waals surface area contributed by atoms with Crippen molar-refractivity contribution in [3.05, 3.63) is 72.6 Å². The summed E-state index contributed by atoms with van der Waals surface area (Å²) in [4.78, 5) is 16.7. The Labute approximate surface area is 158 Å². The first-order chi connectivity index (χ1) is 13.2. The van der Waals surface area contributed by atoms with Gasteiger partial charge in [0.25, 0.3) is 5.91 Å². The first kappa shape index (κ1) is 18.3. The SMILES string of the molecule is CCOc1ccc(Nc2cncc(C(=O)Nc3cccc(OC)c3)c2)cc1. The van der Waals surface area contributed by atoms with Gasteiger partial charge in [-0.3, -0.25) is 9.78 Å². The summed E-state index contributed by atoms with van der Waals surface area (Å²) in [6, 6.07) is 16.5. The zero-order chi connectivity index (χ0) is 19.1. The van der Waals surface area contributed by atoms with Gasteiger partial charge in [0.15, 0.2) is 0 Å². The van der Waals surface area contributed by atoms with Gasteiger partial charge in [0.2, 0.25) is 0 Å². The molecule has 0 atom stereocenters. The monoisotopic (exact) mass is 363 g/mol. The molecule has 1 heterocycles. The summed E-state index contributed by atoms with van der Waals surface area (Å²) in [5, 5.41) is 6.07. The number of pyridine rings is 1. The molecule has 138 valence electrons. The maximum atomic E-state index is 12.5. The van der Waals surface area contributed by atoms with Gasteiger partial charge in [-0.15, -0.1) is 0 Å². The van der Waals surface area contributed by atoms with Crippen LogP contribution < -0.4 is 20.1 Å². The highest BCUT2D eigenvalue weighted by molar-refractivity contribution is 6.04. The lowest BCUT2D eigenvalue weighted by molar-refractivity contribution is 0.102. The maximum absolute atomic E-state index is 12.5. The number of hydrogen-bond donors (Lipinski definition) is 2. The Morgan fingerprint density at radius 2 is 1.78 bits per heavy atom. The van der Waals surface area contributed by atoms with Crippen LogP contribution in [0.5, 0.6) is 11.5 Å². The predicted octanol–water partition coefficient (Wildman–Crippen LogP) is 4.48. The minimum atomic E-state index is -0.244. The summed E-state index contributed by atoms with van der Waals surface area (Å²) in [5.74, 6) is 1.25. The van der Waals surface area contributed by atoms with Crippen LogP contribution in [0.25, 0.3) is 0 Å². The fraction of sp³-hybridized carbons (Fsp3) is 0.143. The lowest BCUT2D eigenvalue weighted by Gasteiger charge is -2.10. The Hall–Kier alpha value is -3.54. The molecule has 0 bridgehead atoms. The lowest BCUT2D eigenvalue weighted by atomic mass is 10.2. The summed E-state index contributed by atoms with van der Waals surface area (Å²) in [5.41, 5.74) is 2.71. The quantitative estimate of drug-likeness (QED) is 0.647. The van der Waals surface area contributed by atoms with E-state index in [2.05, 4.69) is 15.6 Å². The fourth-order valence-electron chi connectivity index (χ4n) is 2.50. The summed E-state index contributed by atoms with van der Waals surface area (Å²) in [7, 11) is 1.58. The summed E-state index contributed by atoms with van der Waals surface area (Å²) < 4.78 is 10.6. The van der Waals surface area contributed by atoms with Gasteiger partial charge >= 0.3 is 0 Å².